The summed E-state index contributed by atoms with van der Waals surface area (Å²) in [5, 5.41) is 34.9. The van der Waals surface area contributed by atoms with Gasteiger partial charge in [0.05, 0.1) is 23.6 Å². The van der Waals surface area contributed by atoms with Gasteiger partial charge in [-0.25, -0.2) is 9.97 Å². The van der Waals surface area contributed by atoms with E-state index in [9.17, 15) is 0 Å². The molecule has 0 aromatic carbocycles. The fraction of sp³-hybridized carbons (Fsp3) is 0.636. The van der Waals surface area contributed by atoms with Crippen molar-refractivity contribution < 1.29 is 24.9 Å². The molecule has 1 aromatic rings. The van der Waals surface area contributed by atoms with Gasteiger partial charge in [0.25, 0.3) is 0 Å². The van der Waals surface area contributed by atoms with E-state index < -0.39 is 18.5 Å². The normalized spacial score (nSPS) is 11.4. The zero-order valence-corrected chi connectivity index (χ0v) is 11.8. The Hall–Kier alpha value is -1.22. The first-order chi connectivity index (χ1) is 8.43. The molecular formula is C11H21BN2O5. The van der Waals surface area contributed by atoms with Crippen LogP contribution in [0, 0.1) is 6.92 Å². The minimum Gasteiger partial charge on any atom is -0.509 e. The van der Waals surface area contributed by atoms with Gasteiger partial charge < -0.3 is 24.9 Å². The van der Waals surface area contributed by atoms with Gasteiger partial charge in [0.1, 0.15) is 11.6 Å². The fourth-order valence-electron chi connectivity index (χ4n) is 0.563. The van der Waals surface area contributed by atoms with Crippen LogP contribution in [0.3, 0.4) is 0 Å². The lowest BCUT2D eigenvalue weighted by Gasteiger charge is -2.31. The van der Waals surface area contributed by atoms with Crippen LogP contribution in [0.5, 0.6) is 5.75 Å². The molecule has 1 aromatic heterocycles. The van der Waals surface area contributed by atoms with Crippen molar-refractivity contribution in [2.24, 2.45) is 0 Å². The van der Waals surface area contributed by atoms with Crippen molar-refractivity contribution in [3.05, 3.63) is 18.2 Å². The predicted molar refractivity (Wildman–Crippen MR) is 70.2 cm³/mol. The Morgan fingerprint density at radius 1 is 1.00 bits per heavy atom. The summed E-state index contributed by atoms with van der Waals surface area (Å²) >= 11 is 0. The van der Waals surface area contributed by atoms with Gasteiger partial charge in [0.15, 0.2) is 0 Å². The predicted octanol–water partition coefficient (Wildman–Crippen LogP) is -0.338. The SMILES string of the molecule is CC(C)(O)C(C)(C)O.Cc1ncc(OB(O)O)cn1. The Morgan fingerprint density at radius 2 is 1.37 bits per heavy atom. The molecule has 108 valence electrons. The average molecular weight is 272 g/mol. The maximum Gasteiger partial charge on any atom is 0.707 e. The molecule has 0 aliphatic rings. The van der Waals surface area contributed by atoms with Crippen LogP contribution in [-0.4, -0.2) is 48.8 Å². The largest absolute Gasteiger partial charge is 0.707 e. The van der Waals surface area contributed by atoms with Crippen LogP contribution in [0.25, 0.3) is 0 Å². The third-order valence-electron chi connectivity index (χ3n) is 2.50. The Kier molecular flexibility index (Phi) is 6.37. The summed E-state index contributed by atoms with van der Waals surface area (Å²) in [7, 11) is -1.82. The topological polar surface area (TPSA) is 116 Å². The van der Waals surface area contributed by atoms with Gasteiger partial charge in [0.2, 0.25) is 0 Å². The van der Waals surface area contributed by atoms with Crippen molar-refractivity contribution >= 4 is 7.32 Å². The standard InChI is InChI=1S/C6H14O2.C5H7BN2O3/c1-5(2,7)6(3,4)8;1-4-7-2-5(3-8-4)11-6(9)10/h7-8H,1-4H3;2-3,9-10H,1H3. The Labute approximate surface area is 113 Å². The van der Waals surface area contributed by atoms with Crippen molar-refractivity contribution in [3.8, 4) is 5.75 Å². The molecule has 0 atom stereocenters. The summed E-state index contributed by atoms with van der Waals surface area (Å²) in [4.78, 5) is 7.55. The molecule has 0 unspecified atom stereocenters. The van der Waals surface area contributed by atoms with E-state index in [1.165, 1.54) is 12.4 Å². The highest BCUT2D eigenvalue weighted by molar-refractivity contribution is 6.33. The lowest BCUT2D eigenvalue weighted by Crippen LogP contribution is -2.44. The van der Waals surface area contributed by atoms with E-state index in [0.717, 1.165) is 0 Å². The number of aliphatic hydroxyl groups is 2. The Bertz CT molecular complexity index is 358. The summed E-state index contributed by atoms with van der Waals surface area (Å²) < 4.78 is 4.46. The molecule has 0 spiro atoms. The van der Waals surface area contributed by atoms with E-state index in [1.54, 1.807) is 34.6 Å². The molecule has 0 fully saturated rings. The van der Waals surface area contributed by atoms with Crippen LogP contribution in [-0.2, 0) is 0 Å². The first-order valence-corrected chi connectivity index (χ1v) is 5.69. The quantitative estimate of drug-likeness (QED) is 0.556. The van der Waals surface area contributed by atoms with Crippen LogP contribution in [0.1, 0.15) is 33.5 Å². The average Bonchev–Trinajstić information content (AvgIpc) is 2.18. The van der Waals surface area contributed by atoms with E-state index in [0.29, 0.717) is 5.82 Å². The Morgan fingerprint density at radius 3 is 1.63 bits per heavy atom. The Balaban J connectivity index is 0.000000362. The summed E-state index contributed by atoms with van der Waals surface area (Å²) in [6, 6.07) is 0. The molecule has 0 saturated carbocycles. The molecule has 0 aliphatic carbocycles. The molecule has 4 N–H and O–H groups in total. The first-order valence-electron chi connectivity index (χ1n) is 5.69. The fourth-order valence-corrected chi connectivity index (χ4v) is 0.563. The van der Waals surface area contributed by atoms with Crippen molar-refractivity contribution in [1.29, 1.82) is 0 Å². The molecule has 0 radical (unpaired) electrons. The second kappa shape index (κ2) is 6.81. The maximum absolute atomic E-state index is 9.10. The van der Waals surface area contributed by atoms with E-state index >= 15 is 0 Å². The van der Waals surface area contributed by atoms with Crippen molar-refractivity contribution in [2.75, 3.05) is 0 Å². The minimum absolute atomic E-state index is 0.227. The highest BCUT2D eigenvalue weighted by atomic mass is 16.6. The third-order valence-corrected chi connectivity index (χ3v) is 2.50. The van der Waals surface area contributed by atoms with Crippen LogP contribution < -0.4 is 4.65 Å². The lowest BCUT2D eigenvalue weighted by molar-refractivity contribution is -0.107. The van der Waals surface area contributed by atoms with Gasteiger partial charge in [-0.3, -0.25) is 0 Å². The van der Waals surface area contributed by atoms with Crippen molar-refractivity contribution in [2.45, 2.75) is 45.8 Å². The number of hydrogen-bond donors (Lipinski definition) is 4. The smallest absolute Gasteiger partial charge is 0.509 e. The van der Waals surface area contributed by atoms with Crippen LogP contribution >= 0.6 is 0 Å². The van der Waals surface area contributed by atoms with E-state index in [4.69, 9.17) is 20.3 Å². The van der Waals surface area contributed by atoms with Crippen LogP contribution in [0.15, 0.2) is 12.4 Å². The number of aromatic nitrogens is 2. The lowest BCUT2D eigenvalue weighted by atomic mass is 9.90. The molecule has 0 aliphatic heterocycles. The van der Waals surface area contributed by atoms with Crippen LogP contribution in [0.2, 0.25) is 0 Å². The van der Waals surface area contributed by atoms with Gasteiger partial charge in [-0.2, -0.15) is 0 Å². The molecule has 0 saturated heterocycles. The van der Waals surface area contributed by atoms with Crippen molar-refractivity contribution in [1.82, 2.24) is 9.97 Å². The zero-order valence-electron chi connectivity index (χ0n) is 11.8. The number of rotatable bonds is 3. The molecule has 8 heteroatoms. The summed E-state index contributed by atoms with van der Waals surface area (Å²) in [5.41, 5.74) is -2.01. The molecule has 1 rings (SSSR count). The van der Waals surface area contributed by atoms with Crippen molar-refractivity contribution in [3.63, 3.8) is 0 Å². The summed E-state index contributed by atoms with van der Waals surface area (Å²) in [5.74, 6) is 0.829. The zero-order chi connectivity index (χ0) is 15.3. The molecule has 19 heavy (non-hydrogen) atoms. The van der Waals surface area contributed by atoms with Gasteiger partial charge >= 0.3 is 7.32 Å². The second-order valence-corrected chi connectivity index (χ2v) is 5.03. The molecule has 0 bridgehead atoms. The van der Waals surface area contributed by atoms with Gasteiger partial charge in [-0.05, 0) is 34.6 Å². The number of aryl methyl sites for hydroxylation is 1. The number of nitrogens with zero attached hydrogens (tertiary/aromatic N) is 2. The van der Waals surface area contributed by atoms with E-state index in [1.807, 2.05) is 0 Å². The minimum atomic E-state index is -1.82. The second-order valence-electron chi connectivity index (χ2n) is 5.03. The summed E-state index contributed by atoms with van der Waals surface area (Å²) in [6.07, 6.45) is 2.73. The van der Waals surface area contributed by atoms with E-state index in [2.05, 4.69) is 14.6 Å². The number of hydrogen-bond acceptors (Lipinski definition) is 7. The monoisotopic (exact) mass is 272 g/mol. The summed E-state index contributed by atoms with van der Waals surface area (Å²) in [6.45, 7) is 8.03. The van der Waals surface area contributed by atoms with E-state index in [-0.39, 0.29) is 5.75 Å². The maximum atomic E-state index is 9.10. The highest BCUT2D eigenvalue weighted by Crippen LogP contribution is 2.19. The third kappa shape index (κ3) is 7.73. The molecule has 0 amide bonds. The van der Waals surface area contributed by atoms with Crippen LogP contribution in [0.4, 0.5) is 0 Å². The molecular weight excluding hydrogens is 251 g/mol. The molecule has 7 nitrogen and oxygen atoms in total. The first kappa shape index (κ1) is 17.8. The highest BCUT2D eigenvalue weighted by Gasteiger charge is 2.31. The van der Waals surface area contributed by atoms with Gasteiger partial charge in [-0.15, -0.1) is 0 Å². The molecule has 1 heterocycles. The van der Waals surface area contributed by atoms with Gasteiger partial charge in [-0.1, -0.05) is 0 Å². The van der Waals surface area contributed by atoms with Gasteiger partial charge in [0, 0.05) is 0 Å².